The number of anilines is 4. The molecule has 1 aliphatic rings. The Labute approximate surface area is 315 Å². The summed E-state index contributed by atoms with van der Waals surface area (Å²) in [4.78, 5) is 17.1. The predicted molar refractivity (Wildman–Crippen MR) is 223 cm³/mol. The van der Waals surface area contributed by atoms with Crippen molar-refractivity contribution in [1.29, 1.82) is 0 Å². The zero-order valence-electron chi connectivity index (χ0n) is 29.9. The standard InChI is InChI=1S/C48H38N6/c1-2-45-50-43-30-25-38(32-21-26-39(49)27-22-32)31-44(43)54(45)40-28-23-34(24-29-40)42-16-10-9-15-41(42)33-17-19-37(20-18-33)48-52-46(35-11-5-3-6-12-35)51-47(53-48)36-13-7-4-8-14-36/h3-31,45,50H,2,49H2,1H3. The van der Waals surface area contributed by atoms with Gasteiger partial charge in [-0.25, -0.2) is 15.0 Å². The summed E-state index contributed by atoms with van der Waals surface area (Å²) >= 11 is 0. The van der Waals surface area contributed by atoms with Crippen LogP contribution in [0, 0.1) is 0 Å². The minimum absolute atomic E-state index is 0.162. The summed E-state index contributed by atoms with van der Waals surface area (Å²) in [6, 6.07) is 60.9. The Morgan fingerprint density at radius 2 is 0.926 bits per heavy atom. The Morgan fingerprint density at radius 1 is 0.481 bits per heavy atom. The molecule has 7 aromatic carbocycles. The molecule has 2 heterocycles. The monoisotopic (exact) mass is 698 g/mol. The zero-order valence-corrected chi connectivity index (χ0v) is 29.9. The zero-order chi connectivity index (χ0) is 36.4. The molecule has 0 bridgehead atoms. The molecule has 0 fully saturated rings. The molecule has 0 saturated heterocycles. The minimum Gasteiger partial charge on any atom is -0.399 e. The summed E-state index contributed by atoms with van der Waals surface area (Å²) < 4.78 is 0. The van der Waals surface area contributed by atoms with Gasteiger partial charge in [-0.1, -0.05) is 146 Å². The van der Waals surface area contributed by atoms with Crippen LogP contribution in [0.15, 0.2) is 176 Å². The van der Waals surface area contributed by atoms with Crippen molar-refractivity contribution >= 4 is 22.7 Å². The molecule has 0 amide bonds. The molecule has 6 nitrogen and oxygen atoms in total. The number of nitrogens with one attached hydrogen (secondary N) is 1. The van der Waals surface area contributed by atoms with Crippen LogP contribution in [0.4, 0.5) is 22.7 Å². The largest absolute Gasteiger partial charge is 0.399 e. The van der Waals surface area contributed by atoms with Crippen molar-refractivity contribution in [3.8, 4) is 67.5 Å². The maximum Gasteiger partial charge on any atom is 0.164 e. The number of rotatable bonds is 8. The molecule has 1 aliphatic heterocycles. The van der Waals surface area contributed by atoms with E-state index in [9.17, 15) is 0 Å². The van der Waals surface area contributed by atoms with Gasteiger partial charge in [0.1, 0.15) is 6.17 Å². The first-order valence-corrected chi connectivity index (χ1v) is 18.3. The molecule has 0 radical (unpaired) electrons. The van der Waals surface area contributed by atoms with Crippen molar-refractivity contribution in [2.75, 3.05) is 16.0 Å². The summed E-state index contributed by atoms with van der Waals surface area (Å²) in [5.74, 6) is 1.94. The molecule has 0 spiro atoms. The van der Waals surface area contributed by atoms with Gasteiger partial charge in [0.2, 0.25) is 0 Å². The lowest BCUT2D eigenvalue weighted by Crippen LogP contribution is -2.30. The summed E-state index contributed by atoms with van der Waals surface area (Å²) in [6.45, 7) is 2.22. The molecule has 260 valence electrons. The molecule has 1 atom stereocenters. The molecule has 54 heavy (non-hydrogen) atoms. The van der Waals surface area contributed by atoms with Gasteiger partial charge in [-0.05, 0) is 76.2 Å². The van der Waals surface area contributed by atoms with E-state index in [1.54, 1.807) is 0 Å². The summed E-state index contributed by atoms with van der Waals surface area (Å²) in [5, 5.41) is 3.73. The first-order valence-electron chi connectivity index (χ1n) is 18.3. The van der Waals surface area contributed by atoms with Crippen LogP contribution in [0.3, 0.4) is 0 Å². The second-order valence-corrected chi connectivity index (χ2v) is 13.5. The highest BCUT2D eigenvalue weighted by atomic mass is 15.3. The van der Waals surface area contributed by atoms with Crippen LogP contribution >= 0.6 is 0 Å². The third kappa shape index (κ3) is 6.35. The van der Waals surface area contributed by atoms with Gasteiger partial charge in [0.05, 0.1) is 11.4 Å². The summed E-state index contributed by atoms with van der Waals surface area (Å²) in [5.41, 5.74) is 20.0. The van der Waals surface area contributed by atoms with E-state index in [2.05, 4.69) is 120 Å². The highest BCUT2D eigenvalue weighted by Gasteiger charge is 2.29. The fourth-order valence-corrected chi connectivity index (χ4v) is 7.25. The van der Waals surface area contributed by atoms with Gasteiger partial charge < -0.3 is 16.0 Å². The quantitative estimate of drug-likeness (QED) is 0.154. The number of hydrogen-bond donors (Lipinski definition) is 2. The maximum absolute atomic E-state index is 5.97. The molecule has 8 aromatic rings. The van der Waals surface area contributed by atoms with Gasteiger partial charge in [-0.3, -0.25) is 0 Å². The lowest BCUT2D eigenvalue weighted by atomic mass is 9.94. The van der Waals surface area contributed by atoms with Gasteiger partial charge in [0.25, 0.3) is 0 Å². The number of benzene rings is 7. The molecule has 9 rings (SSSR count). The second-order valence-electron chi connectivity index (χ2n) is 13.5. The number of nitrogens with zero attached hydrogens (tertiary/aromatic N) is 4. The van der Waals surface area contributed by atoms with E-state index in [1.165, 1.54) is 11.3 Å². The summed E-state index contributed by atoms with van der Waals surface area (Å²) in [6.07, 6.45) is 1.12. The van der Waals surface area contributed by atoms with Crippen molar-refractivity contribution in [3.63, 3.8) is 0 Å². The van der Waals surface area contributed by atoms with E-state index < -0.39 is 0 Å². The van der Waals surface area contributed by atoms with Crippen LogP contribution in [0.1, 0.15) is 13.3 Å². The number of hydrogen-bond acceptors (Lipinski definition) is 6. The first kappa shape index (κ1) is 32.8. The van der Waals surface area contributed by atoms with E-state index in [-0.39, 0.29) is 6.17 Å². The number of aromatic nitrogens is 3. The van der Waals surface area contributed by atoms with Gasteiger partial charge in [-0.15, -0.1) is 0 Å². The minimum atomic E-state index is 0.162. The van der Waals surface area contributed by atoms with Crippen LogP contribution in [0.5, 0.6) is 0 Å². The average molecular weight is 699 g/mol. The smallest absolute Gasteiger partial charge is 0.164 e. The maximum atomic E-state index is 5.97. The van der Waals surface area contributed by atoms with Crippen molar-refractivity contribution < 1.29 is 0 Å². The Kier molecular flexibility index (Phi) is 8.61. The van der Waals surface area contributed by atoms with Gasteiger partial charge in [0.15, 0.2) is 17.5 Å². The Morgan fingerprint density at radius 3 is 1.46 bits per heavy atom. The van der Waals surface area contributed by atoms with E-state index >= 15 is 0 Å². The van der Waals surface area contributed by atoms with E-state index in [0.717, 1.165) is 68.0 Å². The van der Waals surface area contributed by atoms with Gasteiger partial charge >= 0.3 is 0 Å². The van der Waals surface area contributed by atoms with Crippen molar-refractivity contribution in [2.45, 2.75) is 19.5 Å². The Bertz CT molecular complexity index is 2490. The van der Waals surface area contributed by atoms with E-state index in [4.69, 9.17) is 20.7 Å². The average Bonchev–Trinajstić information content (AvgIpc) is 3.63. The fourth-order valence-electron chi connectivity index (χ4n) is 7.25. The third-order valence-corrected chi connectivity index (χ3v) is 10.1. The van der Waals surface area contributed by atoms with Crippen molar-refractivity contribution in [2.24, 2.45) is 0 Å². The van der Waals surface area contributed by atoms with Crippen LogP contribution < -0.4 is 16.0 Å². The van der Waals surface area contributed by atoms with Crippen molar-refractivity contribution in [1.82, 2.24) is 15.0 Å². The van der Waals surface area contributed by atoms with E-state index in [1.807, 2.05) is 72.8 Å². The van der Waals surface area contributed by atoms with Gasteiger partial charge in [0, 0.05) is 28.1 Å². The highest BCUT2D eigenvalue weighted by molar-refractivity contribution is 5.89. The molecule has 3 N–H and O–H groups in total. The number of nitrogens with two attached hydrogens (primary N) is 1. The predicted octanol–water partition coefficient (Wildman–Crippen LogP) is 11.8. The Balaban J connectivity index is 1.02. The topological polar surface area (TPSA) is 80.0 Å². The molecule has 1 aromatic heterocycles. The number of nitrogen functional groups attached to an aromatic ring is 1. The molecular formula is C48H38N6. The lowest BCUT2D eigenvalue weighted by Gasteiger charge is -2.26. The normalized spacial score (nSPS) is 13.4. The van der Waals surface area contributed by atoms with Crippen LogP contribution in [-0.2, 0) is 0 Å². The number of fused-ring (bicyclic) bond motifs is 1. The molecule has 6 heteroatoms. The molecule has 1 unspecified atom stereocenters. The van der Waals surface area contributed by atoms with Crippen LogP contribution in [0.25, 0.3) is 67.5 Å². The lowest BCUT2D eigenvalue weighted by molar-refractivity contribution is 0.728. The summed E-state index contributed by atoms with van der Waals surface area (Å²) in [7, 11) is 0. The Hall–Kier alpha value is -7.05. The van der Waals surface area contributed by atoms with Crippen LogP contribution in [-0.4, -0.2) is 21.1 Å². The first-order chi connectivity index (χ1) is 26.6. The van der Waals surface area contributed by atoms with Crippen molar-refractivity contribution in [3.05, 3.63) is 176 Å². The van der Waals surface area contributed by atoms with E-state index in [0.29, 0.717) is 17.5 Å². The van der Waals surface area contributed by atoms with Gasteiger partial charge in [-0.2, -0.15) is 0 Å². The molecular weight excluding hydrogens is 661 g/mol. The second kappa shape index (κ2) is 14.2. The fraction of sp³-hybridized carbons (Fsp3) is 0.0625. The molecule has 0 saturated carbocycles. The molecule has 0 aliphatic carbocycles. The highest BCUT2D eigenvalue weighted by Crippen LogP contribution is 2.44. The third-order valence-electron chi connectivity index (χ3n) is 10.1. The van der Waals surface area contributed by atoms with Crippen LogP contribution in [0.2, 0.25) is 0 Å². The SMILES string of the molecule is CCC1Nc2ccc(-c3ccc(N)cc3)cc2N1c1ccc(-c2ccccc2-c2ccc(-c3nc(-c4ccccc4)nc(-c4ccccc4)n3)cc2)cc1.